The summed E-state index contributed by atoms with van der Waals surface area (Å²) in [4.78, 5) is 0. The van der Waals surface area contributed by atoms with Gasteiger partial charge in [-0.25, -0.2) is 5.48 Å². The fraction of sp³-hybridized carbons (Fsp3) is 0.286. The topological polar surface area (TPSA) is 59.2 Å². The van der Waals surface area contributed by atoms with E-state index in [0.29, 0.717) is 21.0 Å². The smallest absolute Gasteiger partial charge is 0.195 e. The Morgan fingerprint density at radius 2 is 2.42 bits per heavy atom. The highest BCUT2D eigenvalue weighted by Gasteiger charge is 2.10. The number of hydrogen-bond acceptors (Lipinski definition) is 3. The van der Waals surface area contributed by atoms with E-state index in [1.165, 1.54) is 12.3 Å². The summed E-state index contributed by atoms with van der Waals surface area (Å²) in [6.45, 7) is 1.82. The number of pyridine rings is 1. The van der Waals surface area contributed by atoms with E-state index in [1.54, 1.807) is 6.92 Å². The molecule has 1 rings (SSSR count). The van der Waals surface area contributed by atoms with Crippen molar-refractivity contribution in [2.75, 3.05) is 0 Å². The van der Waals surface area contributed by atoms with Gasteiger partial charge in [-0.2, -0.15) is 4.73 Å². The van der Waals surface area contributed by atoms with Crippen molar-refractivity contribution in [2.45, 2.75) is 13.5 Å². The van der Waals surface area contributed by atoms with Crippen molar-refractivity contribution in [3.05, 3.63) is 33.8 Å². The third kappa shape index (κ3) is 1.66. The molecule has 0 aromatic carbocycles. The van der Waals surface area contributed by atoms with Gasteiger partial charge in [0.2, 0.25) is 0 Å². The van der Waals surface area contributed by atoms with E-state index in [-0.39, 0.29) is 6.54 Å². The van der Waals surface area contributed by atoms with Crippen LogP contribution in [-0.4, -0.2) is 5.21 Å². The average Bonchev–Trinajstić information content (AvgIpc) is 2.06. The highest BCUT2D eigenvalue weighted by Crippen LogP contribution is 2.15. The van der Waals surface area contributed by atoms with E-state index >= 15 is 0 Å². The molecule has 0 aliphatic carbocycles. The summed E-state index contributed by atoms with van der Waals surface area (Å²) in [5.41, 5.74) is 3.05. The predicted molar refractivity (Wildman–Crippen MR) is 43.8 cm³/mol. The van der Waals surface area contributed by atoms with Crippen LogP contribution in [0, 0.1) is 12.1 Å². The monoisotopic (exact) mass is 188 g/mol. The van der Waals surface area contributed by atoms with Crippen LogP contribution in [0.1, 0.15) is 11.3 Å². The Morgan fingerprint density at radius 1 is 1.75 bits per heavy atom. The van der Waals surface area contributed by atoms with E-state index in [2.05, 4.69) is 0 Å². The SMILES string of the molecule is Cc1c(CNO)c(Cl)cc[n+]1[O-]. The first kappa shape index (κ1) is 9.25. The summed E-state index contributed by atoms with van der Waals surface area (Å²) in [7, 11) is 0. The van der Waals surface area contributed by atoms with E-state index in [1.807, 2.05) is 5.48 Å². The van der Waals surface area contributed by atoms with Gasteiger partial charge in [0.05, 0.1) is 17.1 Å². The summed E-state index contributed by atoms with van der Waals surface area (Å²) >= 11 is 5.78. The van der Waals surface area contributed by atoms with Crippen LogP contribution in [0.25, 0.3) is 0 Å². The molecule has 0 amide bonds. The van der Waals surface area contributed by atoms with Crippen LogP contribution < -0.4 is 10.2 Å². The minimum absolute atomic E-state index is 0.174. The van der Waals surface area contributed by atoms with Crippen LogP contribution >= 0.6 is 11.6 Å². The van der Waals surface area contributed by atoms with Gasteiger partial charge >= 0.3 is 0 Å². The minimum Gasteiger partial charge on any atom is -0.619 e. The van der Waals surface area contributed by atoms with Gasteiger partial charge in [0, 0.05) is 13.0 Å². The predicted octanol–water partition coefficient (Wildman–Crippen LogP) is 0.761. The second-order valence-electron chi connectivity index (χ2n) is 2.39. The second-order valence-corrected chi connectivity index (χ2v) is 2.80. The maximum atomic E-state index is 11.0. The number of nitrogens with one attached hydrogen (secondary N) is 1. The number of nitrogens with zero attached hydrogens (tertiary/aromatic N) is 1. The summed E-state index contributed by atoms with van der Waals surface area (Å²) < 4.78 is 0.707. The summed E-state index contributed by atoms with van der Waals surface area (Å²) in [5.74, 6) is 0. The Balaban J connectivity index is 3.14. The van der Waals surface area contributed by atoms with Crippen LogP contribution in [0.3, 0.4) is 0 Å². The molecule has 1 aromatic heterocycles. The fourth-order valence-corrected chi connectivity index (χ4v) is 1.20. The van der Waals surface area contributed by atoms with Gasteiger partial charge in [-0.1, -0.05) is 11.6 Å². The largest absolute Gasteiger partial charge is 0.619 e. The molecule has 5 heteroatoms. The van der Waals surface area contributed by atoms with Gasteiger partial charge in [-0.3, -0.25) is 0 Å². The normalized spacial score (nSPS) is 10.2. The minimum atomic E-state index is 0.174. The van der Waals surface area contributed by atoms with Crippen LogP contribution in [0.5, 0.6) is 0 Å². The molecular formula is C7H9ClN2O2. The molecule has 0 bridgehead atoms. The Hall–Kier alpha value is -0.840. The van der Waals surface area contributed by atoms with Crippen LogP contribution in [-0.2, 0) is 6.54 Å². The molecule has 0 unspecified atom stereocenters. The molecule has 0 aliphatic rings. The van der Waals surface area contributed by atoms with Crippen molar-refractivity contribution < 1.29 is 9.94 Å². The maximum absolute atomic E-state index is 11.0. The quantitative estimate of drug-likeness (QED) is 0.409. The molecule has 4 nitrogen and oxygen atoms in total. The van der Waals surface area contributed by atoms with E-state index in [0.717, 1.165) is 0 Å². The van der Waals surface area contributed by atoms with Gasteiger partial charge < -0.3 is 10.4 Å². The number of aromatic nitrogens is 1. The lowest BCUT2D eigenvalue weighted by Gasteiger charge is -2.06. The molecule has 2 N–H and O–H groups in total. The molecule has 0 aliphatic heterocycles. The van der Waals surface area contributed by atoms with Crippen molar-refractivity contribution in [3.8, 4) is 0 Å². The molecule has 66 valence electrons. The molecule has 1 aromatic rings. The summed E-state index contributed by atoms with van der Waals surface area (Å²) in [6, 6.07) is 1.49. The van der Waals surface area contributed by atoms with E-state index in [4.69, 9.17) is 16.8 Å². The third-order valence-electron chi connectivity index (χ3n) is 1.67. The van der Waals surface area contributed by atoms with E-state index in [9.17, 15) is 5.21 Å². The molecule has 0 saturated heterocycles. The maximum Gasteiger partial charge on any atom is 0.195 e. The molecule has 0 fully saturated rings. The zero-order valence-electron chi connectivity index (χ0n) is 6.54. The highest BCUT2D eigenvalue weighted by molar-refractivity contribution is 6.31. The number of rotatable bonds is 2. The number of hydroxylamine groups is 1. The second kappa shape index (κ2) is 3.71. The highest BCUT2D eigenvalue weighted by atomic mass is 35.5. The standard InChI is InChI=1S/C7H9ClN2O2/c1-5-6(4-9-11)7(8)2-3-10(5)12/h2-3,9,11H,4H2,1H3. The Morgan fingerprint density at radius 3 is 3.00 bits per heavy atom. The van der Waals surface area contributed by atoms with Gasteiger partial charge in [-0.05, 0) is 0 Å². The van der Waals surface area contributed by atoms with E-state index < -0.39 is 0 Å². The lowest BCUT2D eigenvalue weighted by Crippen LogP contribution is -2.31. The average molecular weight is 189 g/mol. The van der Waals surface area contributed by atoms with Gasteiger partial charge in [-0.15, -0.1) is 0 Å². The van der Waals surface area contributed by atoms with Crippen molar-refractivity contribution in [3.63, 3.8) is 0 Å². The third-order valence-corrected chi connectivity index (χ3v) is 2.02. The summed E-state index contributed by atoms with van der Waals surface area (Å²) in [5, 5.41) is 19.9. The number of halogens is 1. The van der Waals surface area contributed by atoms with Crippen molar-refractivity contribution >= 4 is 11.6 Å². The fourth-order valence-electron chi connectivity index (χ4n) is 0.943. The molecule has 0 saturated carbocycles. The van der Waals surface area contributed by atoms with Crippen molar-refractivity contribution in [1.82, 2.24) is 5.48 Å². The first-order valence-electron chi connectivity index (χ1n) is 3.41. The molecule has 0 atom stereocenters. The van der Waals surface area contributed by atoms with Crippen molar-refractivity contribution in [2.24, 2.45) is 0 Å². The first-order valence-corrected chi connectivity index (χ1v) is 3.78. The van der Waals surface area contributed by atoms with Crippen LogP contribution in [0.2, 0.25) is 5.02 Å². The first-order chi connectivity index (χ1) is 5.66. The van der Waals surface area contributed by atoms with Gasteiger partial charge in [0.1, 0.15) is 0 Å². The lowest BCUT2D eigenvalue weighted by atomic mass is 10.2. The molecule has 1 heterocycles. The lowest BCUT2D eigenvalue weighted by molar-refractivity contribution is -0.612. The Labute approximate surface area is 74.9 Å². The molecule has 0 spiro atoms. The Bertz CT molecular complexity index is 291. The zero-order chi connectivity index (χ0) is 9.14. The van der Waals surface area contributed by atoms with Crippen LogP contribution in [0.4, 0.5) is 0 Å². The molecule has 0 radical (unpaired) electrons. The number of hydrogen-bond donors (Lipinski definition) is 2. The van der Waals surface area contributed by atoms with Gasteiger partial charge in [0.25, 0.3) is 0 Å². The molecular weight excluding hydrogens is 180 g/mol. The zero-order valence-corrected chi connectivity index (χ0v) is 7.30. The van der Waals surface area contributed by atoms with Crippen LogP contribution in [0.15, 0.2) is 12.3 Å². The Kier molecular flexibility index (Phi) is 2.86. The van der Waals surface area contributed by atoms with Crippen molar-refractivity contribution in [1.29, 1.82) is 0 Å². The summed E-state index contributed by atoms with van der Waals surface area (Å²) in [6.07, 6.45) is 1.33. The van der Waals surface area contributed by atoms with Gasteiger partial charge in [0.15, 0.2) is 11.9 Å². The molecule has 12 heavy (non-hydrogen) atoms.